The van der Waals surface area contributed by atoms with Crippen LogP contribution in [0, 0.1) is 0 Å². The Morgan fingerprint density at radius 1 is 1.37 bits per heavy atom. The minimum atomic E-state index is -4.87. The summed E-state index contributed by atoms with van der Waals surface area (Å²) in [5.41, 5.74) is 5.73. The molecule has 0 aromatic heterocycles. The number of nitrogens with two attached hydrogens (primary N) is 1. The number of rotatable bonds is 3. The molecule has 0 aliphatic carbocycles. The van der Waals surface area contributed by atoms with Crippen molar-refractivity contribution in [1.82, 2.24) is 0 Å². The van der Waals surface area contributed by atoms with Gasteiger partial charge in [0, 0.05) is 11.3 Å². The molecule has 0 radical (unpaired) electrons. The zero-order valence-electron chi connectivity index (χ0n) is 9.00. The summed E-state index contributed by atoms with van der Waals surface area (Å²) in [7, 11) is 0. The maximum atomic E-state index is 12.1. The van der Waals surface area contributed by atoms with Crippen LogP contribution in [0.25, 0.3) is 6.08 Å². The monoisotopic (exact) mass is 335 g/mol. The molecule has 0 saturated carbocycles. The van der Waals surface area contributed by atoms with Gasteiger partial charge in [-0.1, -0.05) is 11.6 Å². The Labute approximate surface area is 122 Å². The third-order valence-corrected chi connectivity index (χ3v) is 2.18. The third-order valence-electron chi connectivity index (χ3n) is 1.76. The lowest BCUT2D eigenvalue weighted by Crippen LogP contribution is -2.17. The summed E-state index contributed by atoms with van der Waals surface area (Å²) in [6.45, 7) is 0. The average molecular weight is 337 g/mol. The highest BCUT2D eigenvalue weighted by atomic mass is 35.5. The summed E-state index contributed by atoms with van der Waals surface area (Å²) in [6, 6.07) is 2.04. The Morgan fingerprint density at radius 2 is 1.95 bits per heavy atom. The van der Waals surface area contributed by atoms with Gasteiger partial charge in [0.2, 0.25) is 5.24 Å². The number of carbonyl (C=O) groups is 1. The zero-order valence-corrected chi connectivity index (χ0v) is 11.3. The molecular formula is C10H7Cl3F3NO2. The van der Waals surface area contributed by atoms with Crippen molar-refractivity contribution in [2.75, 3.05) is 5.73 Å². The lowest BCUT2D eigenvalue weighted by molar-refractivity contribution is -0.274. The predicted molar refractivity (Wildman–Crippen MR) is 69.7 cm³/mol. The van der Waals surface area contributed by atoms with Crippen LogP contribution in [0.15, 0.2) is 18.2 Å². The van der Waals surface area contributed by atoms with Gasteiger partial charge in [-0.15, -0.1) is 25.6 Å². The summed E-state index contributed by atoms with van der Waals surface area (Å²) in [5.74, 6) is -0.611. The molecule has 0 spiro atoms. The van der Waals surface area contributed by atoms with Gasteiger partial charge in [-0.3, -0.25) is 4.79 Å². The summed E-state index contributed by atoms with van der Waals surface area (Å²) >= 11 is 10.6. The summed E-state index contributed by atoms with van der Waals surface area (Å²) in [6.07, 6.45) is -2.77. The van der Waals surface area contributed by atoms with Crippen LogP contribution >= 0.6 is 35.6 Å². The van der Waals surface area contributed by atoms with E-state index in [1.807, 2.05) is 0 Å². The summed E-state index contributed by atoms with van der Waals surface area (Å²) in [4.78, 5) is 10.5. The van der Waals surface area contributed by atoms with Gasteiger partial charge >= 0.3 is 6.36 Å². The molecule has 2 N–H and O–H groups in total. The molecule has 0 aliphatic rings. The molecule has 1 aromatic rings. The first-order valence-electron chi connectivity index (χ1n) is 4.41. The van der Waals surface area contributed by atoms with Crippen LogP contribution in [0.5, 0.6) is 5.75 Å². The van der Waals surface area contributed by atoms with E-state index in [0.717, 1.165) is 24.3 Å². The topological polar surface area (TPSA) is 52.3 Å². The van der Waals surface area contributed by atoms with Crippen molar-refractivity contribution < 1.29 is 22.7 Å². The normalized spacial score (nSPS) is 11.2. The molecule has 0 aliphatic heterocycles. The largest absolute Gasteiger partial charge is 0.573 e. The Kier molecular flexibility index (Phi) is 6.48. The Balaban J connectivity index is 0.00000324. The second kappa shape index (κ2) is 6.88. The number of hydrogen-bond acceptors (Lipinski definition) is 3. The molecule has 3 nitrogen and oxygen atoms in total. The van der Waals surface area contributed by atoms with Crippen LogP contribution < -0.4 is 10.5 Å². The van der Waals surface area contributed by atoms with E-state index in [9.17, 15) is 18.0 Å². The maximum absolute atomic E-state index is 12.1. The summed E-state index contributed by atoms with van der Waals surface area (Å²) < 4.78 is 39.9. The molecule has 9 heteroatoms. The number of halogens is 6. The lowest BCUT2D eigenvalue weighted by Gasteiger charge is -2.12. The number of ether oxygens (including phenoxy) is 1. The van der Waals surface area contributed by atoms with E-state index in [4.69, 9.17) is 28.9 Å². The molecule has 0 unspecified atom stereocenters. The second-order valence-corrected chi connectivity index (χ2v) is 3.88. The highest BCUT2D eigenvalue weighted by molar-refractivity contribution is 6.66. The predicted octanol–water partition coefficient (Wildman–Crippen LogP) is 4.02. The van der Waals surface area contributed by atoms with Crippen molar-refractivity contribution >= 4 is 52.6 Å². The highest BCUT2D eigenvalue weighted by Crippen LogP contribution is 2.34. The zero-order chi connectivity index (χ0) is 13.9. The molecule has 0 saturated heterocycles. The number of benzene rings is 1. The average Bonchev–Trinajstić information content (AvgIpc) is 2.18. The first-order chi connectivity index (χ1) is 8.19. The number of alkyl halides is 3. The minimum absolute atomic E-state index is 0. The molecule has 19 heavy (non-hydrogen) atoms. The van der Waals surface area contributed by atoms with E-state index < -0.39 is 17.4 Å². The molecule has 0 heterocycles. The Bertz CT molecular complexity index is 504. The fourth-order valence-corrected chi connectivity index (χ4v) is 1.36. The molecule has 0 atom stereocenters. The van der Waals surface area contributed by atoms with Crippen LogP contribution in [0.1, 0.15) is 5.56 Å². The fourth-order valence-electron chi connectivity index (χ4n) is 1.09. The smallest absolute Gasteiger partial charge is 0.404 e. The van der Waals surface area contributed by atoms with Crippen LogP contribution in [-0.4, -0.2) is 11.6 Å². The molecule has 106 valence electrons. The number of allylic oxidation sites excluding steroid dienone is 1. The number of hydrogen-bond donors (Lipinski definition) is 1. The van der Waals surface area contributed by atoms with E-state index >= 15 is 0 Å². The lowest BCUT2D eigenvalue weighted by atomic mass is 10.1. The van der Waals surface area contributed by atoms with E-state index in [-0.39, 0.29) is 28.7 Å². The van der Waals surface area contributed by atoms with E-state index in [1.54, 1.807) is 0 Å². The highest BCUT2D eigenvalue weighted by Gasteiger charge is 2.32. The van der Waals surface area contributed by atoms with E-state index in [2.05, 4.69) is 4.74 Å². The number of nitrogen functional groups attached to an aromatic ring is 1. The standard InChI is InChI=1S/C10H6Cl2F3NO2.ClH/c11-6-4-7(16)5(1-2-9(12)17)3-8(6)18-10(13,14)15;/h1-4H,16H2;1H/b2-1+;. The van der Waals surface area contributed by atoms with Gasteiger partial charge < -0.3 is 10.5 Å². The van der Waals surface area contributed by atoms with E-state index in [1.165, 1.54) is 0 Å². The van der Waals surface area contributed by atoms with Crippen molar-refractivity contribution in [3.8, 4) is 5.75 Å². The maximum Gasteiger partial charge on any atom is 0.573 e. The van der Waals surface area contributed by atoms with Crippen molar-refractivity contribution in [2.45, 2.75) is 6.36 Å². The SMILES string of the molecule is Cl.Nc1cc(Cl)c(OC(F)(F)F)cc1/C=C/C(=O)Cl. The first-order valence-corrected chi connectivity index (χ1v) is 5.17. The Hall–Kier alpha value is -1.11. The minimum Gasteiger partial charge on any atom is -0.404 e. The van der Waals surface area contributed by atoms with Gasteiger partial charge in [-0.05, 0) is 35.9 Å². The van der Waals surface area contributed by atoms with Gasteiger partial charge in [0.15, 0.2) is 0 Å². The van der Waals surface area contributed by atoms with Gasteiger partial charge in [0.1, 0.15) is 5.75 Å². The summed E-state index contributed by atoms with van der Waals surface area (Å²) in [5, 5.41) is -1.08. The van der Waals surface area contributed by atoms with Crippen LogP contribution in [0.3, 0.4) is 0 Å². The van der Waals surface area contributed by atoms with Crippen LogP contribution in [-0.2, 0) is 4.79 Å². The van der Waals surface area contributed by atoms with Crippen molar-refractivity contribution in [3.63, 3.8) is 0 Å². The third kappa shape index (κ3) is 6.04. The second-order valence-electron chi connectivity index (χ2n) is 3.10. The van der Waals surface area contributed by atoms with Crippen molar-refractivity contribution in [1.29, 1.82) is 0 Å². The van der Waals surface area contributed by atoms with Crippen LogP contribution in [0.4, 0.5) is 18.9 Å². The van der Waals surface area contributed by atoms with Gasteiger partial charge in [0.05, 0.1) is 5.02 Å². The molecule has 0 fully saturated rings. The van der Waals surface area contributed by atoms with Gasteiger partial charge in [-0.25, -0.2) is 0 Å². The quantitative estimate of drug-likeness (QED) is 0.515. The van der Waals surface area contributed by atoms with E-state index in [0.29, 0.717) is 0 Å². The Morgan fingerprint density at radius 3 is 2.42 bits per heavy atom. The molecule has 1 aromatic carbocycles. The molecule has 0 amide bonds. The number of carbonyl (C=O) groups excluding carboxylic acids is 1. The fraction of sp³-hybridized carbons (Fsp3) is 0.100. The van der Waals surface area contributed by atoms with Crippen molar-refractivity contribution in [2.24, 2.45) is 0 Å². The van der Waals surface area contributed by atoms with Gasteiger partial charge in [0.25, 0.3) is 0 Å². The van der Waals surface area contributed by atoms with Crippen molar-refractivity contribution in [3.05, 3.63) is 28.8 Å². The number of anilines is 1. The molecular weight excluding hydrogens is 329 g/mol. The molecule has 1 rings (SSSR count). The van der Waals surface area contributed by atoms with Gasteiger partial charge in [-0.2, -0.15) is 0 Å². The first kappa shape index (κ1) is 17.9. The molecule has 0 bridgehead atoms. The van der Waals surface area contributed by atoms with Crippen LogP contribution in [0.2, 0.25) is 5.02 Å².